The first kappa shape index (κ1) is 11.7. The van der Waals surface area contributed by atoms with E-state index < -0.39 is 0 Å². The lowest BCUT2D eigenvalue weighted by atomic mass is 10.1. The van der Waals surface area contributed by atoms with Crippen molar-refractivity contribution in [2.45, 2.75) is 25.5 Å². The molecular formula is C12H16ClNO2. The van der Waals surface area contributed by atoms with Crippen molar-refractivity contribution < 1.29 is 9.47 Å². The van der Waals surface area contributed by atoms with E-state index in [0.29, 0.717) is 18.2 Å². The number of halogens is 1. The van der Waals surface area contributed by atoms with Gasteiger partial charge >= 0.3 is 0 Å². The fourth-order valence-corrected chi connectivity index (χ4v) is 2.00. The minimum absolute atomic E-state index is 0.139. The summed E-state index contributed by atoms with van der Waals surface area (Å²) in [5.41, 5.74) is 6.60. The summed E-state index contributed by atoms with van der Waals surface area (Å²) in [6, 6.07) is 5.54. The Morgan fingerprint density at radius 2 is 2.38 bits per heavy atom. The summed E-state index contributed by atoms with van der Waals surface area (Å²) in [5.74, 6) is 0.822. The molecule has 0 aliphatic carbocycles. The molecule has 1 saturated heterocycles. The molecule has 0 amide bonds. The van der Waals surface area contributed by atoms with Gasteiger partial charge in [0.1, 0.15) is 11.9 Å². The van der Waals surface area contributed by atoms with Crippen molar-refractivity contribution in [3.8, 4) is 5.75 Å². The Kier molecular flexibility index (Phi) is 4.04. The number of benzene rings is 1. The zero-order chi connectivity index (χ0) is 11.4. The Bertz CT molecular complexity index is 351. The molecule has 2 N–H and O–H groups in total. The summed E-state index contributed by atoms with van der Waals surface area (Å²) in [7, 11) is 0. The van der Waals surface area contributed by atoms with Crippen LogP contribution in [0.3, 0.4) is 0 Å². The molecule has 16 heavy (non-hydrogen) atoms. The van der Waals surface area contributed by atoms with E-state index in [1.54, 1.807) is 0 Å². The summed E-state index contributed by atoms with van der Waals surface area (Å²) in [6.07, 6.45) is 2.23. The first-order valence-corrected chi connectivity index (χ1v) is 5.90. The molecule has 4 heteroatoms. The molecule has 0 radical (unpaired) electrons. The van der Waals surface area contributed by atoms with Crippen LogP contribution in [0.15, 0.2) is 18.2 Å². The molecule has 0 bridgehead atoms. The number of rotatable bonds is 3. The minimum atomic E-state index is 0.139. The van der Waals surface area contributed by atoms with Gasteiger partial charge in [0.2, 0.25) is 0 Å². The molecule has 1 aromatic rings. The van der Waals surface area contributed by atoms with Crippen molar-refractivity contribution in [3.63, 3.8) is 0 Å². The molecule has 1 aliphatic heterocycles. The van der Waals surface area contributed by atoms with E-state index in [-0.39, 0.29) is 6.10 Å². The molecule has 1 unspecified atom stereocenters. The molecule has 3 nitrogen and oxygen atoms in total. The number of hydrogen-bond acceptors (Lipinski definition) is 3. The SMILES string of the molecule is NCc1cc(Cl)ccc1OC1CCCOC1. The Hall–Kier alpha value is -0.770. The van der Waals surface area contributed by atoms with Gasteiger partial charge in [0.05, 0.1) is 6.61 Å². The highest BCUT2D eigenvalue weighted by atomic mass is 35.5. The maximum absolute atomic E-state index is 5.90. The largest absolute Gasteiger partial charge is 0.488 e. The highest BCUT2D eigenvalue weighted by Crippen LogP contribution is 2.25. The van der Waals surface area contributed by atoms with E-state index >= 15 is 0 Å². The minimum Gasteiger partial charge on any atom is -0.488 e. The molecule has 1 aliphatic rings. The molecule has 1 fully saturated rings. The summed E-state index contributed by atoms with van der Waals surface area (Å²) in [5, 5.41) is 0.688. The maximum Gasteiger partial charge on any atom is 0.124 e. The van der Waals surface area contributed by atoms with Crippen molar-refractivity contribution in [2.75, 3.05) is 13.2 Å². The van der Waals surface area contributed by atoms with E-state index in [2.05, 4.69) is 0 Å². The maximum atomic E-state index is 5.90. The molecule has 0 saturated carbocycles. The fraction of sp³-hybridized carbons (Fsp3) is 0.500. The summed E-state index contributed by atoms with van der Waals surface area (Å²) in [6.45, 7) is 1.93. The number of nitrogens with two attached hydrogens (primary N) is 1. The lowest BCUT2D eigenvalue weighted by molar-refractivity contribution is 0.00705. The molecule has 1 atom stereocenters. The van der Waals surface area contributed by atoms with Crippen LogP contribution in [0.4, 0.5) is 0 Å². The molecule has 1 heterocycles. The third kappa shape index (κ3) is 2.88. The van der Waals surface area contributed by atoms with Crippen LogP contribution in [-0.4, -0.2) is 19.3 Å². The van der Waals surface area contributed by atoms with E-state index in [4.69, 9.17) is 26.8 Å². The first-order valence-electron chi connectivity index (χ1n) is 5.52. The van der Waals surface area contributed by atoms with Crippen LogP contribution in [0.5, 0.6) is 5.75 Å². The predicted octanol–water partition coefficient (Wildman–Crippen LogP) is 2.36. The molecular weight excluding hydrogens is 226 g/mol. The zero-order valence-electron chi connectivity index (χ0n) is 9.12. The molecule has 88 valence electrons. The Morgan fingerprint density at radius 1 is 1.50 bits per heavy atom. The van der Waals surface area contributed by atoms with E-state index in [9.17, 15) is 0 Å². The average molecular weight is 242 g/mol. The highest BCUT2D eigenvalue weighted by Gasteiger charge is 2.16. The lowest BCUT2D eigenvalue weighted by Gasteiger charge is -2.24. The second kappa shape index (κ2) is 5.53. The van der Waals surface area contributed by atoms with Gasteiger partial charge in [-0.15, -0.1) is 0 Å². The van der Waals surface area contributed by atoms with Crippen LogP contribution >= 0.6 is 11.6 Å². The van der Waals surface area contributed by atoms with Gasteiger partial charge in [0.25, 0.3) is 0 Å². The fourth-order valence-electron chi connectivity index (χ4n) is 1.81. The van der Waals surface area contributed by atoms with Crippen LogP contribution in [-0.2, 0) is 11.3 Å². The van der Waals surface area contributed by atoms with Gasteiger partial charge < -0.3 is 15.2 Å². The van der Waals surface area contributed by atoms with E-state index in [0.717, 1.165) is 30.8 Å². The van der Waals surface area contributed by atoms with Crippen molar-refractivity contribution >= 4 is 11.6 Å². The second-order valence-corrected chi connectivity index (χ2v) is 4.35. The van der Waals surface area contributed by atoms with Gasteiger partial charge in [-0.1, -0.05) is 11.6 Å². The van der Waals surface area contributed by atoms with Crippen molar-refractivity contribution in [1.82, 2.24) is 0 Å². The van der Waals surface area contributed by atoms with E-state index in [1.807, 2.05) is 18.2 Å². The highest BCUT2D eigenvalue weighted by molar-refractivity contribution is 6.30. The molecule has 1 aromatic carbocycles. The van der Waals surface area contributed by atoms with Crippen LogP contribution in [0.25, 0.3) is 0 Å². The smallest absolute Gasteiger partial charge is 0.124 e. The zero-order valence-corrected chi connectivity index (χ0v) is 9.87. The van der Waals surface area contributed by atoms with Gasteiger partial charge in [0.15, 0.2) is 0 Å². The summed E-state index contributed by atoms with van der Waals surface area (Å²) in [4.78, 5) is 0. The lowest BCUT2D eigenvalue weighted by Crippen LogP contribution is -2.28. The topological polar surface area (TPSA) is 44.5 Å². The van der Waals surface area contributed by atoms with E-state index in [1.165, 1.54) is 0 Å². The Balaban J connectivity index is 2.07. The standard InChI is InChI=1S/C12H16ClNO2/c13-10-3-4-12(9(6-10)7-14)16-11-2-1-5-15-8-11/h3-4,6,11H,1-2,5,7-8,14H2. The monoisotopic (exact) mass is 241 g/mol. The Labute approximate surface area is 100 Å². The van der Waals surface area contributed by atoms with Crippen LogP contribution in [0.2, 0.25) is 5.02 Å². The van der Waals surface area contributed by atoms with Gasteiger partial charge in [-0.25, -0.2) is 0 Å². The molecule has 2 rings (SSSR count). The van der Waals surface area contributed by atoms with Crippen molar-refractivity contribution in [1.29, 1.82) is 0 Å². The third-order valence-electron chi connectivity index (χ3n) is 2.65. The normalized spacial score (nSPS) is 20.8. The quantitative estimate of drug-likeness (QED) is 0.884. The molecule has 0 aromatic heterocycles. The van der Waals surface area contributed by atoms with Gasteiger partial charge in [-0.05, 0) is 31.0 Å². The third-order valence-corrected chi connectivity index (χ3v) is 2.89. The van der Waals surface area contributed by atoms with Gasteiger partial charge in [-0.2, -0.15) is 0 Å². The predicted molar refractivity (Wildman–Crippen MR) is 63.8 cm³/mol. The second-order valence-electron chi connectivity index (χ2n) is 3.91. The van der Waals surface area contributed by atoms with Crippen LogP contribution in [0, 0.1) is 0 Å². The van der Waals surface area contributed by atoms with Gasteiger partial charge in [0, 0.05) is 23.7 Å². The Morgan fingerprint density at radius 3 is 3.06 bits per heavy atom. The molecule has 0 spiro atoms. The van der Waals surface area contributed by atoms with Crippen molar-refractivity contribution in [2.24, 2.45) is 5.73 Å². The van der Waals surface area contributed by atoms with Crippen molar-refractivity contribution in [3.05, 3.63) is 28.8 Å². The number of ether oxygens (including phenoxy) is 2. The first-order chi connectivity index (χ1) is 7.79. The summed E-state index contributed by atoms with van der Waals surface area (Å²) >= 11 is 5.90. The number of hydrogen-bond donors (Lipinski definition) is 1. The van der Waals surface area contributed by atoms with Crippen LogP contribution in [0.1, 0.15) is 18.4 Å². The average Bonchev–Trinajstić information content (AvgIpc) is 2.33. The van der Waals surface area contributed by atoms with Gasteiger partial charge in [-0.3, -0.25) is 0 Å². The summed E-state index contributed by atoms with van der Waals surface area (Å²) < 4.78 is 11.2. The van der Waals surface area contributed by atoms with Crippen LogP contribution < -0.4 is 10.5 Å².